The molecule has 3 fully saturated rings. The first-order chi connectivity index (χ1) is 7.70. The van der Waals surface area contributed by atoms with Crippen LogP contribution in [-0.2, 0) is 9.53 Å². The Balaban J connectivity index is 0.00000108. The first-order valence-corrected chi connectivity index (χ1v) is 5.99. The van der Waals surface area contributed by atoms with Crippen molar-refractivity contribution in [1.29, 1.82) is 0 Å². The van der Waals surface area contributed by atoms with Crippen molar-refractivity contribution in [1.82, 2.24) is 10.2 Å². The number of nitrogens with zero attached hydrogens (tertiary/aromatic N) is 1. The molecule has 0 spiro atoms. The van der Waals surface area contributed by atoms with Crippen molar-refractivity contribution < 1.29 is 14.6 Å². The van der Waals surface area contributed by atoms with Crippen LogP contribution in [0.3, 0.4) is 0 Å². The number of carbonyl (C=O) groups is 1. The number of hydrogen-bond donors (Lipinski definition) is 2. The number of carboxylic acids is 1. The smallest absolute Gasteiger partial charge is 0.320 e. The van der Waals surface area contributed by atoms with Crippen LogP contribution in [0.1, 0.15) is 12.8 Å². The zero-order valence-electron chi connectivity index (χ0n) is 9.72. The lowest BCUT2D eigenvalue weighted by Crippen LogP contribution is -2.40. The number of rotatable bonds is 3. The molecule has 0 amide bonds. The van der Waals surface area contributed by atoms with Crippen LogP contribution in [0.4, 0.5) is 0 Å². The quantitative estimate of drug-likeness (QED) is 0.747. The Kier molecular flexibility index (Phi) is 3.63. The highest BCUT2D eigenvalue weighted by Gasteiger charge is 2.61. The number of carboxylic acid groups (broad SMARTS) is 1. The van der Waals surface area contributed by atoms with Gasteiger partial charge in [0.05, 0.1) is 13.2 Å². The van der Waals surface area contributed by atoms with Gasteiger partial charge in [-0.15, -0.1) is 12.4 Å². The first kappa shape index (κ1) is 13.1. The van der Waals surface area contributed by atoms with Crippen molar-refractivity contribution >= 4 is 18.4 Å². The van der Waals surface area contributed by atoms with Gasteiger partial charge in [0, 0.05) is 31.1 Å². The molecule has 2 aliphatic heterocycles. The van der Waals surface area contributed by atoms with Crippen molar-refractivity contribution in [2.24, 2.45) is 5.41 Å². The third kappa shape index (κ3) is 2.42. The minimum atomic E-state index is -0.700. The molecule has 0 radical (unpaired) electrons. The van der Waals surface area contributed by atoms with Crippen LogP contribution in [0.25, 0.3) is 0 Å². The summed E-state index contributed by atoms with van der Waals surface area (Å²) in [4.78, 5) is 13.3. The number of hydrogen-bond acceptors (Lipinski definition) is 4. The molecule has 0 aromatic carbocycles. The predicted octanol–water partition coefficient (Wildman–Crippen LogP) is -0.0544. The van der Waals surface area contributed by atoms with Crippen LogP contribution in [0.5, 0.6) is 0 Å². The molecule has 0 bridgehead atoms. The molecule has 3 rings (SSSR count). The molecule has 3 aliphatic rings. The van der Waals surface area contributed by atoms with Crippen LogP contribution < -0.4 is 5.32 Å². The number of morpholine rings is 1. The third-order valence-corrected chi connectivity index (χ3v) is 4.14. The number of aliphatic carboxylic acids is 1. The van der Waals surface area contributed by atoms with Gasteiger partial charge < -0.3 is 15.2 Å². The van der Waals surface area contributed by atoms with Gasteiger partial charge in [-0.25, -0.2) is 0 Å². The van der Waals surface area contributed by atoms with Crippen LogP contribution >= 0.6 is 12.4 Å². The van der Waals surface area contributed by atoms with Crippen LogP contribution in [0.2, 0.25) is 0 Å². The van der Waals surface area contributed by atoms with Gasteiger partial charge in [-0.05, 0) is 12.8 Å². The van der Waals surface area contributed by atoms with Gasteiger partial charge in [-0.2, -0.15) is 0 Å². The summed E-state index contributed by atoms with van der Waals surface area (Å²) in [6, 6.07) is 0.122. The minimum absolute atomic E-state index is 0. The van der Waals surface area contributed by atoms with E-state index >= 15 is 0 Å². The van der Waals surface area contributed by atoms with Gasteiger partial charge in [0.1, 0.15) is 6.04 Å². The predicted molar refractivity (Wildman–Crippen MR) is 64.5 cm³/mol. The molecule has 0 unspecified atom stereocenters. The molecule has 2 heterocycles. The van der Waals surface area contributed by atoms with Gasteiger partial charge >= 0.3 is 5.97 Å². The number of piperidine rings is 1. The normalized spacial score (nSPS) is 40.5. The van der Waals surface area contributed by atoms with Crippen molar-refractivity contribution in [3.8, 4) is 0 Å². The Hall–Kier alpha value is -0.360. The van der Waals surface area contributed by atoms with Gasteiger partial charge in [0.15, 0.2) is 0 Å². The highest BCUT2D eigenvalue weighted by atomic mass is 35.5. The number of ether oxygens (including phenoxy) is 1. The van der Waals surface area contributed by atoms with E-state index in [1.807, 2.05) is 0 Å². The molecule has 5 nitrogen and oxygen atoms in total. The average Bonchev–Trinajstić information content (AvgIpc) is 2.81. The second-order valence-corrected chi connectivity index (χ2v) is 5.27. The summed E-state index contributed by atoms with van der Waals surface area (Å²) in [5.74, 6) is -0.700. The van der Waals surface area contributed by atoms with Gasteiger partial charge in [-0.1, -0.05) is 0 Å². The molecule has 2 N–H and O–H groups in total. The van der Waals surface area contributed by atoms with E-state index in [1.165, 1.54) is 0 Å². The molecule has 1 saturated carbocycles. The van der Waals surface area contributed by atoms with Gasteiger partial charge in [0.2, 0.25) is 0 Å². The second kappa shape index (κ2) is 4.72. The van der Waals surface area contributed by atoms with E-state index in [9.17, 15) is 4.79 Å². The molecule has 17 heavy (non-hydrogen) atoms. The number of nitrogens with one attached hydrogen (secondary N) is 1. The molecule has 98 valence electrons. The lowest BCUT2D eigenvalue weighted by molar-refractivity contribution is -0.139. The maximum atomic E-state index is 10.9. The van der Waals surface area contributed by atoms with E-state index in [4.69, 9.17) is 9.84 Å². The van der Waals surface area contributed by atoms with Crippen molar-refractivity contribution in [3.05, 3.63) is 0 Å². The highest BCUT2D eigenvalue weighted by Crippen LogP contribution is 2.54. The molecule has 0 aromatic rings. The van der Waals surface area contributed by atoms with E-state index in [1.54, 1.807) is 0 Å². The fraction of sp³-hybridized carbons (Fsp3) is 0.909. The fourth-order valence-electron chi connectivity index (χ4n) is 3.12. The third-order valence-electron chi connectivity index (χ3n) is 4.14. The zero-order chi connectivity index (χ0) is 11.2. The standard InChI is InChI=1S/C11H18N2O3.ClH/c14-10(15)8-5-11(6-9(11)12-8)7-13-1-3-16-4-2-13;/h8-9,12H,1-7H2,(H,14,15);1H/t8-,9-,11+;/m0./s1. The molecule has 3 atom stereocenters. The monoisotopic (exact) mass is 262 g/mol. The summed E-state index contributed by atoms with van der Waals surface area (Å²) >= 11 is 0. The van der Waals surface area contributed by atoms with Crippen LogP contribution in [0, 0.1) is 5.41 Å². The lowest BCUT2D eigenvalue weighted by Gasteiger charge is -2.29. The zero-order valence-corrected chi connectivity index (χ0v) is 10.5. The van der Waals surface area contributed by atoms with E-state index in [0.717, 1.165) is 45.7 Å². The van der Waals surface area contributed by atoms with E-state index in [0.29, 0.717) is 6.04 Å². The first-order valence-electron chi connectivity index (χ1n) is 5.99. The summed E-state index contributed by atoms with van der Waals surface area (Å²) in [7, 11) is 0. The van der Waals surface area contributed by atoms with Crippen LogP contribution in [-0.4, -0.2) is 60.9 Å². The maximum absolute atomic E-state index is 10.9. The molecule has 2 saturated heterocycles. The fourth-order valence-corrected chi connectivity index (χ4v) is 3.12. The lowest BCUT2D eigenvalue weighted by atomic mass is 9.99. The molecule has 0 aromatic heterocycles. The Labute approximate surface area is 107 Å². The van der Waals surface area contributed by atoms with E-state index in [2.05, 4.69) is 10.2 Å². The largest absolute Gasteiger partial charge is 0.480 e. The summed E-state index contributed by atoms with van der Waals surface area (Å²) in [6.07, 6.45) is 1.94. The highest BCUT2D eigenvalue weighted by molar-refractivity contribution is 5.85. The summed E-state index contributed by atoms with van der Waals surface area (Å²) in [5, 5.41) is 12.2. The van der Waals surface area contributed by atoms with Gasteiger partial charge in [0.25, 0.3) is 0 Å². The Bertz CT molecular complexity index is 309. The van der Waals surface area contributed by atoms with Crippen molar-refractivity contribution in [2.75, 3.05) is 32.8 Å². The topological polar surface area (TPSA) is 61.8 Å². The molecular formula is C11H19ClN2O3. The SMILES string of the molecule is Cl.O=C(O)[C@@H]1C[C@]2(CN3CCOCC3)C[C@@H]2N1. The number of fused-ring (bicyclic) bond motifs is 1. The molecule has 6 heteroatoms. The second-order valence-electron chi connectivity index (χ2n) is 5.27. The Morgan fingerprint density at radius 3 is 2.71 bits per heavy atom. The number of halogens is 1. The molecule has 1 aliphatic carbocycles. The summed E-state index contributed by atoms with van der Waals surface area (Å²) in [5.41, 5.74) is 0.250. The van der Waals surface area contributed by atoms with Gasteiger partial charge in [-0.3, -0.25) is 9.69 Å². The average molecular weight is 263 g/mol. The minimum Gasteiger partial charge on any atom is -0.480 e. The van der Waals surface area contributed by atoms with Crippen molar-refractivity contribution in [3.63, 3.8) is 0 Å². The van der Waals surface area contributed by atoms with E-state index in [-0.39, 0.29) is 23.9 Å². The summed E-state index contributed by atoms with van der Waals surface area (Å²) in [6.45, 7) is 4.66. The van der Waals surface area contributed by atoms with E-state index < -0.39 is 5.97 Å². The Morgan fingerprint density at radius 1 is 1.41 bits per heavy atom. The van der Waals surface area contributed by atoms with Crippen LogP contribution in [0.15, 0.2) is 0 Å². The maximum Gasteiger partial charge on any atom is 0.320 e. The Morgan fingerprint density at radius 2 is 2.12 bits per heavy atom. The summed E-state index contributed by atoms with van der Waals surface area (Å²) < 4.78 is 5.32. The molecular weight excluding hydrogens is 244 g/mol. The van der Waals surface area contributed by atoms with Crippen molar-refractivity contribution in [2.45, 2.75) is 24.9 Å².